The van der Waals surface area contributed by atoms with Crippen molar-refractivity contribution in [1.29, 1.82) is 0 Å². The van der Waals surface area contributed by atoms with Crippen molar-refractivity contribution in [2.24, 2.45) is 5.92 Å². The smallest absolute Gasteiger partial charge is 0.225 e. The zero-order valence-corrected chi connectivity index (χ0v) is 11.9. The second-order valence-electron chi connectivity index (χ2n) is 5.99. The molecule has 0 spiro atoms. The molecule has 2 atom stereocenters. The molecule has 1 saturated heterocycles. The molecule has 1 fully saturated rings. The summed E-state index contributed by atoms with van der Waals surface area (Å²) in [7, 11) is 1.61. The largest absolute Gasteiger partial charge is 0.383 e. The zero-order chi connectivity index (χ0) is 13.9. The Kier molecular flexibility index (Phi) is 4.73. The van der Waals surface area contributed by atoms with Crippen molar-refractivity contribution in [2.45, 2.75) is 45.7 Å². The first-order chi connectivity index (χ1) is 8.24. The van der Waals surface area contributed by atoms with E-state index in [0.717, 1.165) is 0 Å². The number of nitrogens with zero attached hydrogens (tertiary/aromatic N) is 1. The lowest BCUT2D eigenvalue weighted by Crippen LogP contribution is -2.45. The number of carbonyl (C=O) groups is 2. The normalized spacial score (nSPS) is 22.2. The number of rotatable bonds is 4. The predicted octanol–water partition coefficient (Wildman–Crippen LogP) is 0.785. The van der Waals surface area contributed by atoms with E-state index in [2.05, 4.69) is 5.32 Å². The van der Waals surface area contributed by atoms with Gasteiger partial charge in [-0.2, -0.15) is 0 Å². The molecule has 0 aromatic rings. The van der Waals surface area contributed by atoms with Crippen LogP contribution in [0.5, 0.6) is 0 Å². The van der Waals surface area contributed by atoms with E-state index >= 15 is 0 Å². The molecular formula is C13H24N2O3. The van der Waals surface area contributed by atoms with Crippen LogP contribution in [0, 0.1) is 5.92 Å². The van der Waals surface area contributed by atoms with Crippen LogP contribution in [0.4, 0.5) is 0 Å². The first kappa shape index (κ1) is 15.0. The van der Waals surface area contributed by atoms with Gasteiger partial charge in [-0.05, 0) is 27.7 Å². The minimum absolute atomic E-state index is 0.0231. The summed E-state index contributed by atoms with van der Waals surface area (Å²) in [5.74, 6) is -0.243. The quantitative estimate of drug-likeness (QED) is 0.809. The average Bonchev–Trinajstić information content (AvgIpc) is 2.58. The molecule has 0 aliphatic carbocycles. The number of amides is 2. The van der Waals surface area contributed by atoms with Gasteiger partial charge in [-0.15, -0.1) is 0 Å². The lowest BCUT2D eigenvalue weighted by molar-refractivity contribution is -0.131. The van der Waals surface area contributed by atoms with Gasteiger partial charge in [0.15, 0.2) is 0 Å². The number of hydrogen-bond acceptors (Lipinski definition) is 3. The van der Waals surface area contributed by atoms with Crippen LogP contribution in [0.15, 0.2) is 0 Å². The van der Waals surface area contributed by atoms with E-state index in [4.69, 9.17) is 4.74 Å². The van der Waals surface area contributed by atoms with Gasteiger partial charge in [-0.3, -0.25) is 9.59 Å². The van der Waals surface area contributed by atoms with Crippen LogP contribution >= 0.6 is 0 Å². The van der Waals surface area contributed by atoms with Gasteiger partial charge in [0.05, 0.1) is 18.6 Å². The van der Waals surface area contributed by atoms with Crippen molar-refractivity contribution >= 4 is 11.8 Å². The summed E-state index contributed by atoms with van der Waals surface area (Å²) in [6.07, 6.45) is 0.302. The highest BCUT2D eigenvalue weighted by Gasteiger charge is 2.37. The Morgan fingerprint density at radius 3 is 2.67 bits per heavy atom. The van der Waals surface area contributed by atoms with Crippen LogP contribution in [0.1, 0.15) is 34.1 Å². The number of likely N-dealkylation sites (tertiary alicyclic amines) is 1. The molecule has 5 nitrogen and oxygen atoms in total. The topological polar surface area (TPSA) is 58.6 Å². The summed E-state index contributed by atoms with van der Waals surface area (Å²) >= 11 is 0. The fourth-order valence-electron chi connectivity index (χ4n) is 2.14. The average molecular weight is 256 g/mol. The molecule has 1 aliphatic rings. The first-order valence-corrected chi connectivity index (χ1v) is 6.35. The van der Waals surface area contributed by atoms with Crippen molar-refractivity contribution in [1.82, 2.24) is 10.2 Å². The molecule has 0 bridgehead atoms. The van der Waals surface area contributed by atoms with Gasteiger partial charge in [0.2, 0.25) is 11.8 Å². The maximum absolute atomic E-state index is 12.0. The highest BCUT2D eigenvalue weighted by atomic mass is 16.5. The van der Waals surface area contributed by atoms with Gasteiger partial charge < -0.3 is 15.0 Å². The highest BCUT2D eigenvalue weighted by Crippen LogP contribution is 2.21. The van der Waals surface area contributed by atoms with E-state index in [0.29, 0.717) is 19.6 Å². The molecule has 0 saturated carbocycles. The number of ether oxygens (including phenoxy) is 1. The van der Waals surface area contributed by atoms with E-state index in [1.54, 1.807) is 12.0 Å². The summed E-state index contributed by atoms with van der Waals surface area (Å²) < 4.78 is 5.05. The van der Waals surface area contributed by atoms with E-state index in [9.17, 15) is 9.59 Å². The van der Waals surface area contributed by atoms with E-state index in [-0.39, 0.29) is 29.3 Å². The Morgan fingerprint density at radius 1 is 1.56 bits per heavy atom. The van der Waals surface area contributed by atoms with Crippen LogP contribution in [-0.4, -0.2) is 48.6 Å². The molecule has 1 N–H and O–H groups in total. The second-order valence-corrected chi connectivity index (χ2v) is 5.99. The van der Waals surface area contributed by atoms with Crippen LogP contribution < -0.4 is 5.32 Å². The van der Waals surface area contributed by atoms with Crippen LogP contribution in [0.3, 0.4) is 0 Å². The lowest BCUT2D eigenvalue weighted by atomic mass is 10.0. The maximum atomic E-state index is 12.0. The minimum Gasteiger partial charge on any atom is -0.383 e. The Hall–Kier alpha value is -1.10. The molecule has 104 valence electrons. The monoisotopic (exact) mass is 256 g/mol. The number of methoxy groups -OCH3 is 1. The highest BCUT2D eigenvalue weighted by molar-refractivity contribution is 5.89. The van der Waals surface area contributed by atoms with Gasteiger partial charge in [0, 0.05) is 25.6 Å². The Balaban J connectivity index is 2.58. The van der Waals surface area contributed by atoms with Gasteiger partial charge in [0.1, 0.15) is 0 Å². The van der Waals surface area contributed by atoms with Crippen molar-refractivity contribution in [3.8, 4) is 0 Å². The molecule has 0 aromatic carbocycles. The summed E-state index contributed by atoms with van der Waals surface area (Å²) in [4.78, 5) is 25.6. The molecule has 0 aromatic heterocycles. The summed E-state index contributed by atoms with van der Waals surface area (Å²) in [6, 6.07) is 0.0231. The first-order valence-electron chi connectivity index (χ1n) is 6.35. The van der Waals surface area contributed by atoms with Crippen LogP contribution in [-0.2, 0) is 14.3 Å². The molecule has 1 heterocycles. The van der Waals surface area contributed by atoms with Gasteiger partial charge in [0.25, 0.3) is 0 Å². The molecule has 0 radical (unpaired) electrons. The fraction of sp³-hybridized carbons (Fsp3) is 0.846. The molecule has 2 amide bonds. The third-order valence-corrected chi connectivity index (χ3v) is 2.97. The second kappa shape index (κ2) is 5.69. The van der Waals surface area contributed by atoms with Crippen molar-refractivity contribution in [2.75, 3.05) is 20.3 Å². The predicted molar refractivity (Wildman–Crippen MR) is 69.1 cm³/mol. The molecule has 5 heteroatoms. The number of hydrogen-bond donors (Lipinski definition) is 1. The summed E-state index contributed by atoms with van der Waals surface area (Å²) in [5, 5.41) is 2.92. The number of nitrogens with one attached hydrogen (secondary N) is 1. The van der Waals surface area contributed by atoms with E-state index in [1.807, 2.05) is 27.7 Å². The zero-order valence-electron chi connectivity index (χ0n) is 11.9. The third kappa shape index (κ3) is 3.98. The van der Waals surface area contributed by atoms with E-state index in [1.165, 1.54) is 0 Å². The molecular weight excluding hydrogens is 232 g/mol. The molecule has 1 rings (SSSR count). The lowest BCUT2D eigenvalue weighted by Gasteiger charge is -2.25. The van der Waals surface area contributed by atoms with Crippen molar-refractivity contribution < 1.29 is 14.3 Å². The SMILES string of the molecule is COC[C@@H](C)N1C[C@H](C(=O)NC(C)(C)C)CC1=O. The van der Waals surface area contributed by atoms with Gasteiger partial charge in [-0.1, -0.05) is 0 Å². The molecule has 1 aliphatic heterocycles. The van der Waals surface area contributed by atoms with Gasteiger partial charge in [-0.25, -0.2) is 0 Å². The third-order valence-electron chi connectivity index (χ3n) is 2.97. The van der Waals surface area contributed by atoms with E-state index < -0.39 is 0 Å². The van der Waals surface area contributed by atoms with Crippen LogP contribution in [0.2, 0.25) is 0 Å². The standard InChI is InChI=1S/C13H24N2O3/c1-9(8-18-5)15-7-10(6-11(15)16)12(17)14-13(2,3)4/h9-10H,6-8H2,1-5H3,(H,14,17)/t9-,10-/m1/s1. The van der Waals surface area contributed by atoms with Crippen LogP contribution in [0.25, 0.3) is 0 Å². The Bertz CT molecular complexity index is 323. The molecule has 18 heavy (non-hydrogen) atoms. The summed E-state index contributed by atoms with van der Waals surface area (Å²) in [6.45, 7) is 8.74. The fourth-order valence-corrected chi connectivity index (χ4v) is 2.14. The molecule has 0 unspecified atom stereocenters. The Morgan fingerprint density at radius 2 is 2.17 bits per heavy atom. The minimum atomic E-state index is -0.258. The number of carbonyl (C=O) groups excluding carboxylic acids is 2. The van der Waals surface area contributed by atoms with Crippen molar-refractivity contribution in [3.05, 3.63) is 0 Å². The Labute approximate surface area is 109 Å². The van der Waals surface area contributed by atoms with Gasteiger partial charge >= 0.3 is 0 Å². The maximum Gasteiger partial charge on any atom is 0.225 e. The van der Waals surface area contributed by atoms with Crippen molar-refractivity contribution in [3.63, 3.8) is 0 Å². The summed E-state index contributed by atoms with van der Waals surface area (Å²) in [5.41, 5.74) is -0.258.